The Morgan fingerprint density at radius 2 is 1.93 bits per heavy atom. The van der Waals surface area contributed by atoms with Gasteiger partial charge in [0, 0.05) is 13.1 Å². The summed E-state index contributed by atoms with van der Waals surface area (Å²) < 4.78 is 7.40. The van der Waals surface area contributed by atoms with Crippen LogP contribution in [-0.2, 0) is 0 Å². The zero-order valence-electron chi connectivity index (χ0n) is 17.3. The van der Waals surface area contributed by atoms with Crippen molar-refractivity contribution in [3.8, 4) is 11.4 Å². The van der Waals surface area contributed by atoms with E-state index in [2.05, 4.69) is 15.6 Å². The van der Waals surface area contributed by atoms with Gasteiger partial charge < -0.3 is 15.0 Å². The fourth-order valence-corrected chi connectivity index (χ4v) is 3.63. The van der Waals surface area contributed by atoms with Crippen molar-refractivity contribution in [2.45, 2.75) is 46.1 Å². The lowest BCUT2D eigenvalue weighted by molar-refractivity contribution is 0.0680. The number of hydrogen-bond donors (Lipinski definition) is 1. The molecule has 0 bridgehead atoms. The van der Waals surface area contributed by atoms with Gasteiger partial charge in [-0.25, -0.2) is 4.68 Å². The number of aromatic nitrogens is 3. The SMILES string of the molecule is CNCCC1CCN(C(=O)c2nnn(-c3ccc(OC(C)C)cc3)c2C)CC1. The molecule has 1 saturated heterocycles. The predicted octanol–water partition coefficient (Wildman–Crippen LogP) is 2.82. The van der Waals surface area contributed by atoms with E-state index in [4.69, 9.17) is 4.74 Å². The molecule has 28 heavy (non-hydrogen) atoms. The van der Waals surface area contributed by atoms with Crippen molar-refractivity contribution < 1.29 is 9.53 Å². The molecule has 1 fully saturated rings. The van der Waals surface area contributed by atoms with Gasteiger partial charge in [-0.2, -0.15) is 0 Å². The van der Waals surface area contributed by atoms with Gasteiger partial charge in [0.1, 0.15) is 5.75 Å². The normalized spacial score (nSPS) is 15.2. The summed E-state index contributed by atoms with van der Waals surface area (Å²) in [6.45, 7) is 8.51. The summed E-state index contributed by atoms with van der Waals surface area (Å²) in [5.41, 5.74) is 2.07. The van der Waals surface area contributed by atoms with Crippen LogP contribution < -0.4 is 10.1 Å². The number of carbonyl (C=O) groups excluding carboxylic acids is 1. The van der Waals surface area contributed by atoms with E-state index >= 15 is 0 Å². The van der Waals surface area contributed by atoms with Gasteiger partial charge in [-0.05, 0) is 83.8 Å². The molecular formula is C21H31N5O2. The van der Waals surface area contributed by atoms with Gasteiger partial charge in [0.15, 0.2) is 5.69 Å². The molecule has 1 aromatic carbocycles. The number of rotatable bonds is 7. The van der Waals surface area contributed by atoms with Gasteiger partial charge in [-0.1, -0.05) is 5.21 Å². The van der Waals surface area contributed by atoms with Crippen LogP contribution in [0.5, 0.6) is 5.75 Å². The fraction of sp³-hybridized carbons (Fsp3) is 0.571. The highest BCUT2D eigenvalue weighted by molar-refractivity contribution is 5.93. The van der Waals surface area contributed by atoms with Crippen molar-refractivity contribution in [2.24, 2.45) is 5.92 Å². The molecule has 0 unspecified atom stereocenters. The lowest BCUT2D eigenvalue weighted by Crippen LogP contribution is -2.39. The first-order valence-electron chi connectivity index (χ1n) is 10.1. The standard InChI is InChI=1S/C21H31N5O2/c1-15(2)28-19-7-5-18(6-8-19)26-16(3)20(23-24-26)21(27)25-13-10-17(11-14-25)9-12-22-4/h5-8,15,17,22H,9-14H2,1-4H3. The van der Waals surface area contributed by atoms with Crippen LogP contribution in [-0.4, -0.2) is 58.6 Å². The van der Waals surface area contributed by atoms with Crippen LogP contribution >= 0.6 is 0 Å². The molecule has 1 aliphatic heterocycles. The smallest absolute Gasteiger partial charge is 0.276 e. The summed E-state index contributed by atoms with van der Waals surface area (Å²) >= 11 is 0. The number of ether oxygens (including phenoxy) is 1. The summed E-state index contributed by atoms with van der Waals surface area (Å²) in [6.07, 6.45) is 3.41. The molecule has 1 N–H and O–H groups in total. The largest absolute Gasteiger partial charge is 0.491 e. The maximum atomic E-state index is 12.9. The lowest BCUT2D eigenvalue weighted by atomic mass is 9.93. The number of carbonyl (C=O) groups is 1. The first-order valence-corrected chi connectivity index (χ1v) is 10.1. The molecule has 0 atom stereocenters. The summed E-state index contributed by atoms with van der Waals surface area (Å²) in [5.74, 6) is 1.49. The molecule has 1 aliphatic rings. The van der Waals surface area contributed by atoms with Crippen LogP contribution in [0.2, 0.25) is 0 Å². The molecule has 0 aliphatic carbocycles. The minimum Gasteiger partial charge on any atom is -0.491 e. The number of hydrogen-bond acceptors (Lipinski definition) is 5. The van der Waals surface area contributed by atoms with Crippen molar-refractivity contribution in [2.75, 3.05) is 26.7 Å². The number of benzene rings is 1. The molecule has 1 amide bonds. The van der Waals surface area contributed by atoms with E-state index in [1.165, 1.54) is 6.42 Å². The van der Waals surface area contributed by atoms with E-state index in [0.29, 0.717) is 11.6 Å². The molecule has 0 saturated carbocycles. The first kappa shape index (κ1) is 20.3. The van der Waals surface area contributed by atoms with Crippen molar-refractivity contribution in [3.63, 3.8) is 0 Å². The van der Waals surface area contributed by atoms with E-state index in [0.717, 1.165) is 49.6 Å². The van der Waals surface area contributed by atoms with Crippen molar-refractivity contribution in [1.82, 2.24) is 25.2 Å². The molecular weight excluding hydrogens is 354 g/mol. The highest BCUT2D eigenvalue weighted by atomic mass is 16.5. The highest BCUT2D eigenvalue weighted by Gasteiger charge is 2.27. The van der Waals surface area contributed by atoms with Gasteiger partial charge in [-0.15, -0.1) is 5.10 Å². The number of nitrogens with one attached hydrogen (secondary N) is 1. The maximum absolute atomic E-state index is 12.9. The van der Waals surface area contributed by atoms with Crippen molar-refractivity contribution >= 4 is 5.91 Å². The third-order valence-electron chi connectivity index (χ3n) is 5.25. The molecule has 0 spiro atoms. The summed E-state index contributed by atoms with van der Waals surface area (Å²) in [5, 5.41) is 11.6. The summed E-state index contributed by atoms with van der Waals surface area (Å²) in [4.78, 5) is 14.9. The minimum absolute atomic E-state index is 0.0180. The Balaban J connectivity index is 1.66. The Hall–Kier alpha value is -2.41. The molecule has 1 aromatic heterocycles. The number of nitrogens with zero attached hydrogens (tertiary/aromatic N) is 4. The Kier molecular flexibility index (Phi) is 6.67. The quantitative estimate of drug-likeness (QED) is 0.793. The monoisotopic (exact) mass is 385 g/mol. The number of amides is 1. The van der Waals surface area contributed by atoms with E-state index in [1.54, 1.807) is 4.68 Å². The molecule has 7 heteroatoms. The molecule has 2 heterocycles. The second kappa shape index (κ2) is 9.19. The second-order valence-corrected chi connectivity index (χ2v) is 7.72. The van der Waals surface area contributed by atoms with Crippen molar-refractivity contribution in [3.05, 3.63) is 35.7 Å². The van der Waals surface area contributed by atoms with E-state index < -0.39 is 0 Å². The third kappa shape index (κ3) is 4.70. The van der Waals surface area contributed by atoms with Crippen molar-refractivity contribution in [1.29, 1.82) is 0 Å². The van der Waals surface area contributed by atoms with E-state index in [1.807, 2.05) is 57.0 Å². The van der Waals surface area contributed by atoms with Gasteiger partial charge in [0.2, 0.25) is 0 Å². The molecule has 152 valence electrons. The molecule has 0 radical (unpaired) electrons. The molecule has 7 nitrogen and oxygen atoms in total. The maximum Gasteiger partial charge on any atom is 0.276 e. The number of likely N-dealkylation sites (tertiary alicyclic amines) is 1. The first-order chi connectivity index (χ1) is 13.5. The topological polar surface area (TPSA) is 72.3 Å². The predicted molar refractivity (Wildman–Crippen MR) is 109 cm³/mol. The highest BCUT2D eigenvalue weighted by Crippen LogP contribution is 2.23. The van der Waals surface area contributed by atoms with Crippen LogP contribution in [0.3, 0.4) is 0 Å². The van der Waals surface area contributed by atoms with E-state index in [-0.39, 0.29) is 12.0 Å². The number of piperidine rings is 1. The average Bonchev–Trinajstić information content (AvgIpc) is 3.08. The van der Waals surface area contributed by atoms with Gasteiger partial charge in [-0.3, -0.25) is 4.79 Å². The molecule has 3 rings (SSSR count). The Labute approximate surface area is 167 Å². The lowest BCUT2D eigenvalue weighted by Gasteiger charge is -2.31. The Morgan fingerprint density at radius 1 is 1.25 bits per heavy atom. The van der Waals surface area contributed by atoms with Crippen LogP contribution in [0.15, 0.2) is 24.3 Å². The molecule has 2 aromatic rings. The third-order valence-corrected chi connectivity index (χ3v) is 5.25. The van der Waals surface area contributed by atoms with E-state index in [9.17, 15) is 4.79 Å². The van der Waals surface area contributed by atoms with Gasteiger partial charge >= 0.3 is 0 Å². The van der Waals surface area contributed by atoms with Gasteiger partial charge in [0.25, 0.3) is 5.91 Å². The summed E-state index contributed by atoms with van der Waals surface area (Å²) in [7, 11) is 1.98. The minimum atomic E-state index is -0.0180. The summed E-state index contributed by atoms with van der Waals surface area (Å²) in [6, 6.07) is 7.68. The fourth-order valence-electron chi connectivity index (χ4n) is 3.63. The van der Waals surface area contributed by atoms with Crippen LogP contribution in [0.25, 0.3) is 5.69 Å². The zero-order valence-corrected chi connectivity index (χ0v) is 17.3. The Bertz CT molecular complexity index is 777. The van der Waals surface area contributed by atoms with Gasteiger partial charge in [0.05, 0.1) is 17.5 Å². The zero-order chi connectivity index (χ0) is 20.1. The van der Waals surface area contributed by atoms with Crippen LogP contribution in [0.1, 0.15) is 49.3 Å². The van der Waals surface area contributed by atoms with Crippen LogP contribution in [0.4, 0.5) is 0 Å². The Morgan fingerprint density at radius 3 is 2.54 bits per heavy atom. The second-order valence-electron chi connectivity index (χ2n) is 7.72. The van der Waals surface area contributed by atoms with Crippen LogP contribution in [0, 0.1) is 12.8 Å². The average molecular weight is 386 g/mol.